The van der Waals surface area contributed by atoms with E-state index >= 15 is 0 Å². The summed E-state index contributed by atoms with van der Waals surface area (Å²) in [6, 6.07) is 81.1. The van der Waals surface area contributed by atoms with Gasteiger partial charge in [-0.2, -0.15) is 0 Å². The maximum Gasteiger partial charge on any atom is 0.0715 e. The van der Waals surface area contributed by atoms with E-state index in [1.165, 1.54) is 55.3 Å². The molecule has 0 bridgehead atoms. The van der Waals surface area contributed by atoms with Gasteiger partial charge >= 0.3 is 0 Å². The predicted molar refractivity (Wildman–Crippen MR) is 268 cm³/mol. The van der Waals surface area contributed by atoms with Gasteiger partial charge in [-0.25, -0.2) is 0 Å². The Morgan fingerprint density at radius 3 is 1.22 bits per heavy atom. The first-order chi connectivity index (χ1) is 30.5. The van der Waals surface area contributed by atoms with Crippen LogP contribution in [0.25, 0.3) is 21.9 Å². The highest BCUT2D eigenvalue weighted by molar-refractivity contribution is 6.11. The number of para-hydroxylation sites is 2. The second kappa shape index (κ2) is 15.6. The molecule has 0 fully saturated rings. The number of nitrogens with zero attached hydrogens (tertiary/aromatic N) is 2. The molecule has 63 heavy (non-hydrogen) atoms. The highest BCUT2D eigenvalue weighted by Crippen LogP contribution is 2.60. The molecule has 10 rings (SSSR count). The molecule has 2 nitrogen and oxygen atoms in total. The first-order valence-corrected chi connectivity index (χ1v) is 22.3. The van der Waals surface area contributed by atoms with Gasteiger partial charge in [0.2, 0.25) is 0 Å². The molecule has 2 heteroatoms. The number of hydrogen-bond donors (Lipinski definition) is 0. The molecule has 0 amide bonds. The Hall–Kier alpha value is -7.16. The van der Waals surface area contributed by atoms with Crippen LogP contribution in [0, 0.1) is 0 Å². The number of anilines is 6. The van der Waals surface area contributed by atoms with Gasteiger partial charge < -0.3 is 9.80 Å². The lowest BCUT2D eigenvalue weighted by atomic mass is 9.67. The van der Waals surface area contributed by atoms with Crippen molar-refractivity contribution in [3.05, 3.63) is 252 Å². The maximum absolute atomic E-state index is 2.52. The molecule has 0 aromatic heterocycles. The SMILES string of the molecule is CC(C)(C)c1ccc(N(c2ccccc2)c2ccc3c(c2)C(c2ccccc2)(c2ccccc2)c2cc(N(c4ccccc4)c4ccc(C(C)(C)C)cc4)c4ccccc4c2-3)cc1. The second-order valence-corrected chi connectivity index (χ2v) is 19.0. The highest BCUT2D eigenvalue weighted by atomic mass is 15.1. The molecule has 1 aliphatic carbocycles. The van der Waals surface area contributed by atoms with Crippen LogP contribution in [0.3, 0.4) is 0 Å². The molecule has 0 saturated carbocycles. The third-order valence-corrected chi connectivity index (χ3v) is 13.0. The van der Waals surface area contributed by atoms with Gasteiger partial charge in [0.15, 0.2) is 0 Å². The number of hydrogen-bond acceptors (Lipinski definition) is 2. The molecule has 0 atom stereocenters. The summed E-state index contributed by atoms with van der Waals surface area (Å²) in [7, 11) is 0. The van der Waals surface area contributed by atoms with Crippen LogP contribution < -0.4 is 9.80 Å². The Labute approximate surface area is 373 Å². The van der Waals surface area contributed by atoms with E-state index in [-0.39, 0.29) is 10.8 Å². The Morgan fingerprint density at radius 2 is 0.730 bits per heavy atom. The van der Waals surface area contributed by atoms with Gasteiger partial charge in [0.05, 0.1) is 11.1 Å². The van der Waals surface area contributed by atoms with Crippen molar-refractivity contribution in [3.8, 4) is 11.1 Å². The lowest BCUT2D eigenvalue weighted by Crippen LogP contribution is -2.29. The molecule has 0 saturated heterocycles. The van der Waals surface area contributed by atoms with Crippen LogP contribution in [0.15, 0.2) is 218 Å². The predicted octanol–water partition coefficient (Wildman–Crippen LogP) is 16.7. The molecule has 1 aliphatic rings. The molecule has 0 spiro atoms. The fraction of sp³-hybridized carbons (Fsp3) is 0.148. The van der Waals surface area contributed by atoms with Crippen LogP contribution in [0.4, 0.5) is 34.1 Å². The quantitative estimate of drug-likeness (QED) is 0.151. The van der Waals surface area contributed by atoms with E-state index in [2.05, 4.69) is 270 Å². The van der Waals surface area contributed by atoms with Crippen molar-refractivity contribution >= 4 is 44.9 Å². The van der Waals surface area contributed by atoms with Crippen LogP contribution in [0.1, 0.15) is 74.9 Å². The van der Waals surface area contributed by atoms with Crippen molar-refractivity contribution in [2.45, 2.75) is 57.8 Å². The zero-order chi connectivity index (χ0) is 43.3. The summed E-state index contributed by atoms with van der Waals surface area (Å²) in [5.41, 5.74) is 16.3. The summed E-state index contributed by atoms with van der Waals surface area (Å²) in [6.07, 6.45) is 0. The smallest absolute Gasteiger partial charge is 0.0715 e. The van der Waals surface area contributed by atoms with Gasteiger partial charge in [-0.1, -0.05) is 193 Å². The lowest BCUT2D eigenvalue weighted by Gasteiger charge is -2.36. The minimum Gasteiger partial charge on any atom is -0.310 e. The molecule has 0 unspecified atom stereocenters. The van der Waals surface area contributed by atoms with E-state index in [1.54, 1.807) is 0 Å². The summed E-state index contributed by atoms with van der Waals surface area (Å²) in [6.45, 7) is 13.7. The molecule has 0 radical (unpaired) electrons. The minimum atomic E-state index is -0.654. The van der Waals surface area contributed by atoms with E-state index in [0.717, 1.165) is 34.1 Å². The van der Waals surface area contributed by atoms with E-state index < -0.39 is 5.41 Å². The monoisotopic (exact) mass is 814 g/mol. The second-order valence-electron chi connectivity index (χ2n) is 19.0. The Bertz CT molecular complexity index is 2990. The normalized spacial score (nSPS) is 13.0. The molecule has 0 heterocycles. The highest BCUT2D eigenvalue weighted by Gasteiger charge is 2.48. The van der Waals surface area contributed by atoms with Crippen molar-refractivity contribution in [1.29, 1.82) is 0 Å². The van der Waals surface area contributed by atoms with Crippen molar-refractivity contribution in [2.24, 2.45) is 0 Å². The summed E-state index contributed by atoms with van der Waals surface area (Å²) in [5.74, 6) is 0. The summed E-state index contributed by atoms with van der Waals surface area (Å²) in [4.78, 5) is 4.88. The molecule has 9 aromatic rings. The third kappa shape index (κ3) is 6.91. The van der Waals surface area contributed by atoms with Crippen LogP contribution in [-0.4, -0.2) is 0 Å². The molecule has 0 N–H and O–H groups in total. The van der Waals surface area contributed by atoms with Crippen molar-refractivity contribution in [1.82, 2.24) is 0 Å². The molecule has 9 aromatic carbocycles. The lowest BCUT2D eigenvalue weighted by molar-refractivity contribution is 0.590. The molecule has 308 valence electrons. The summed E-state index contributed by atoms with van der Waals surface area (Å²) >= 11 is 0. The minimum absolute atomic E-state index is 0.0396. The average molecular weight is 815 g/mol. The van der Waals surface area contributed by atoms with E-state index in [4.69, 9.17) is 0 Å². The number of fused-ring (bicyclic) bond motifs is 5. The summed E-state index contributed by atoms with van der Waals surface area (Å²) < 4.78 is 0. The average Bonchev–Trinajstić information content (AvgIpc) is 3.60. The Balaban J connectivity index is 1.29. The first kappa shape index (κ1) is 39.9. The Morgan fingerprint density at radius 1 is 0.333 bits per heavy atom. The number of benzene rings is 9. The van der Waals surface area contributed by atoms with E-state index in [9.17, 15) is 0 Å². The van der Waals surface area contributed by atoms with Crippen LogP contribution in [-0.2, 0) is 16.2 Å². The zero-order valence-electron chi connectivity index (χ0n) is 37.2. The van der Waals surface area contributed by atoms with Gasteiger partial charge in [-0.05, 0) is 127 Å². The maximum atomic E-state index is 2.52. The number of rotatable bonds is 8. The van der Waals surface area contributed by atoms with Gasteiger partial charge in [-0.3, -0.25) is 0 Å². The van der Waals surface area contributed by atoms with Crippen molar-refractivity contribution < 1.29 is 0 Å². The van der Waals surface area contributed by atoms with Crippen LogP contribution in [0.2, 0.25) is 0 Å². The molecule has 0 aliphatic heterocycles. The van der Waals surface area contributed by atoms with Crippen molar-refractivity contribution in [2.75, 3.05) is 9.80 Å². The fourth-order valence-corrected chi connectivity index (χ4v) is 9.89. The topological polar surface area (TPSA) is 6.48 Å². The Kier molecular flexibility index (Phi) is 9.91. The van der Waals surface area contributed by atoms with Gasteiger partial charge in [0.1, 0.15) is 0 Å². The fourth-order valence-electron chi connectivity index (χ4n) is 9.89. The van der Waals surface area contributed by atoms with Gasteiger partial charge in [0.25, 0.3) is 0 Å². The van der Waals surface area contributed by atoms with Gasteiger partial charge in [-0.15, -0.1) is 0 Å². The largest absolute Gasteiger partial charge is 0.310 e. The summed E-state index contributed by atoms with van der Waals surface area (Å²) in [5, 5.41) is 2.44. The standard InChI is InChI=1S/C61H54N2/c1-59(2,3)43-31-35-49(36-32-43)62(47-25-15-9-16-26-47)51-39-40-54-55(41-51)61(45-21-11-7-12-22-45,46-23-13-8-14-24-46)56-42-57(52-29-19-20-30-53(52)58(54)56)63(48-27-17-10-18-28-48)50-37-33-44(34-38-50)60(4,5)6/h7-42H,1-6H3. The zero-order valence-corrected chi connectivity index (χ0v) is 37.2. The molecular formula is C61H54N2. The van der Waals surface area contributed by atoms with Gasteiger partial charge in [0, 0.05) is 33.8 Å². The van der Waals surface area contributed by atoms with E-state index in [0.29, 0.717) is 0 Å². The van der Waals surface area contributed by atoms with E-state index in [1.807, 2.05) is 0 Å². The van der Waals surface area contributed by atoms with Crippen LogP contribution in [0.5, 0.6) is 0 Å². The molecular weight excluding hydrogens is 761 g/mol. The third-order valence-electron chi connectivity index (χ3n) is 13.0. The van der Waals surface area contributed by atoms with Crippen LogP contribution >= 0.6 is 0 Å². The van der Waals surface area contributed by atoms with Crippen molar-refractivity contribution in [3.63, 3.8) is 0 Å². The first-order valence-electron chi connectivity index (χ1n) is 22.3.